The average molecular weight is 314 g/mol. The first kappa shape index (κ1) is 15.7. The van der Waals surface area contributed by atoms with Gasteiger partial charge in [0.25, 0.3) is 0 Å². The maximum atomic E-state index is 12.6. The van der Waals surface area contributed by atoms with E-state index in [1.807, 2.05) is 30.3 Å². The summed E-state index contributed by atoms with van der Waals surface area (Å²) in [6, 6.07) is 9.56. The summed E-state index contributed by atoms with van der Waals surface area (Å²) in [5.41, 5.74) is 0.471. The van der Waals surface area contributed by atoms with Crippen LogP contribution in [0.5, 0.6) is 0 Å². The molecule has 1 aromatic rings. The van der Waals surface area contributed by atoms with Crippen LogP contribution < -0.4 is 5.32 Å². The molecule has 1 saturated carbocycles. The topological polar surface area (TPSA) is 66.5 Å². The third kappa shape index (κ3) is 3.28. The van der Waals surface area contributed by atoms with Crippen molar-refractivity contribution in [2.24, 2.45) is 5.41 Å². The molecule has 3 rings (SSSR count). The van der Waals surface area contributed by atoms with Crippen molar-refractivity contribution in [2.75, 3.05) is 6.54 Å². The zero-order chi connectivity index (χ0) is 16.3. The van der Waals surface area contributed by atoms with E-state index in [2.05, 4.69) is 5.32 Å². The molecule has 1 N–H and O–H groups in total. The summed E-state index contributed by atoms with van der Waals surface area (Å²) < 4.78 is 0. The van der Waals surface area contributed by atoms with Gasteiger partial charge in [0.15, 0.2) is 0 Å². The normalized spacial score (nSPS) is 20.1. The van der Waals surface area contributed by atoms with E-state index in [-0.39, 0.29) is 30.7 Å². The van der Waals surface area contributed by atoms with E-state index in [0.29, 0.717) is 6.54 Å². The number of hydrogen-bond donors (Lipinski definition) is 1. The Labute approximate surface area is 136 Å². The molecule has 23 heavy (non-hydrogen) atoms. The third-order valence-corrected chi connectivity index (χ3v) is 4.93. The molecule has 1 spiro atoms. The summed E-state index contributed by atoms with van der Waals surface area (Å²) in [7, 11) is 0. The van der Waals surface area contributed by atoms with Crippen molar-refractivity contribution < 1.29 is 14.4 Å². The maximum absolute atomic E-state index is 12.6. The van der Waals surface area contributed by atoms with Gasteiger partial charge in [-0.2, -0.15) is 0 Å². The molecular formula is C18H22N2O3. The van der Waals surface area contributed by atoms with Crippen molar-refractivity contribution in [2.45, 2.75) is 45.1 Å². The number of rotatable bonds is 4. The Bertz CT molecular complexity index is 606. The Morgan fingerprint density at radius 3 is 2.48 bits per heavy atom. The number of carbonyl (C=O) groups is 3. The van der Waals surface area contributed by atoms with Gasteiger partial charge in [0, 0.05) is 13.0 Å². The van der Waals surface area contributed by atoms with Crippen LogP contribution in [0.1, 0.15) is 44.1 Å². The Morgan fingerprint density at radius 1 is 1.09 bits per heavy atom. The zero-order valence-corrected chi connectivity index (χ0v) is 13.2. The highest BCUT2D eigenvalue weighted by Gasteiger charge is 2.51. The number of likely N-dealkylation sites (tertiary alicyclic amines) is 1. The van der Waals surface area contributed by atoms with Crippen molar-refractivity contribution >= 4 is 17.7 Å². The molecule has 0 aromatic heterocycles. The van der Waals surface area contributed by atoms with Crippen molar-refractivity contribution in [3.05, 3.63) is 35.9 Å². The fourth-order valence-electron chi connectivity index (χ4n) is 3.64. The fourth-order valence-corrected chi connectivity index (χ4v) is 3.64. The lowest BCUT2D eigenvalue weighted by molar-refractivity contribution is -0.145. The molecular weight excluding hydrogens is 292 g/mol. The van der Waals surface area contributed by atoms with Crippen LogP contribution >= 0.6 is 0 Å². The van der Waals surface area contributed by atoms with E-state index in [9.17, 15) is 14.4 Å². The highest BCUT2D eigenvalue weighted by Crippen LogP contribution is 2.45. The number of imide groups is 1. The first-order valence-corrected chi connectivity index (χ1v) is 8.26. The first-order valence-electron chi connectivity index (χ1n) is 8.26. The second-order valence-corrected chi connectivity index (χ2v) is 6.57. The van der Waals surface area contributed by atoms with Crippen LogP contribution in [0.25, 0.3) is 0 Å². The number of nitrogens with zero attached hydrogens (tertiary/aromatic N) is 1. The summed E-state index contributed by atoms with van der Waals surface area (Å²) in [6.45, 7) is 0.243. The third-order valence-electron chi connectivity index (χ3n) is 4.93. The van der Waals surface area contributed by atoms with Crippen LogP contribution in [0.3, 0.4) is 0 Å². The highest BCUT2D eigenvalue weighted by atomic mass is 16.2. The van der Waals surface area contributed by atoms with Crippen LogP contribution in [0.15, 0.2) is 30.3 Å². The van der Waals surface area contributed by atoms with E-state index in [1.165, 1.54) is 0 Å². The molecule has 122 valence electrons. The molecule has 1 aliphatic heterocycles. The summed E-state index contributed by atoms with van der Waals surface area (Å²) in [5, 5.41) is 2.77. The molecule has 5 heteroatoms. The lowest BCUT2D eigenvalue weighted by Crippen LogP contribution is -2.42. The van der Waals surface area contributed by atoms with Gasteiger partial charge in [-0.15, -0.1) is 0 Å². The minimum atomic E-state index is -0.519. The number of carbonyl (C=O) groups excluding carboxylic acids is 3. The van der Waals surface area contributed by atoms with Gasteiger partial charge in [-0.25, -0.2) is 0 Å². The predicted molar refractivity (Wildman–Crippen MR) is 85.1 cm³/mol. The van der Waals surface area contributed by atoms with Gasteiger partial charge in [-0.05, 0) is 18.4 Å². The number of benzene rings is 1. The van der Waals surface area contributed by atoms with Gasteiger partial charge < -0.3 is 5.32 Å². The standard InChI is InChI=1S/C18H22N2O3/c21-15(19-12-14-7-3-1-4-8-14)13-20-16(22)11-18(17(20)23)9-5-2-6-10-18/h1,3-4,7-8H,2,5-6,9-13H2,(H,19,21). The summed E-state index contributed by atoms with van der Waals surface area (Å²) in [6.07, 6.45) is 4.94. The molecule has 2 fully saturated rings. The van der Waals surface area contributed by atoms with Crippen molar-refractivity contribution in [1.82, 2.24) is 10.2 Å². The van der Waals surface area contributed by atoms with E-state index < -0.39 is 5.41 Å². The van der Waals surface area contributed by atoms with Crippen LogP contribution in [-0.4, -0.2) is 29.2 Å². The summed E-state index contributed by atoms with van der Waals surface area (Å²) >= 11 is 0. The van der Waals surface area contributed by atoms with Gasteiger partial charge in [0.05, 0.1) is 5.41 Å². The Morgan fingerprint density at radius 2 is 1.78 bits per heavy atom. The smallest absolute Gasteiger partial charge is 0.240 e. The molecule has 1 heterocycles. The molecule has 0 unspecified atom stereocenters. The van der Waals surface area contributed by atoms with Crippen LogP contribution in [0.4, 0.5) is 0 Å². The Hall–Kier alpha value is -2.17. The molecule has 1 aromatic carbocycles. The lowest BCUT2D eigenvalue weighted by Gasteiger charge is -2.30. The maximum Gasteiger partial charge on any atom is 0.240 e. The highest BCUT2D eigenvalue weighted by molar-refractivity contribution is 6.08. The van der Waals surface area contributed by atoms with E-state index in [4.69, 9.17) is 0 Å². The second-order valence-electron chi connectivity index (χ2n) is 6.57. The largest absolute Gasteiger partial charge is 0.350 e. The quantitative estimate of drug-likeness (QED) is 0.865. The number of amides is 3. The molecule has 0 radical (unpaired) electrons. The van der Waals surface area contributed by atoms with Gasteiger partial charge in [-0.1, -0.05) is 49.6 Å². The van der Waals surface area contributed by atoms with Crippen LogP contribution in [0, 0.1) is 5.41 Å². The molecule has 0 bridgehead atoms. The zero-order valence-electron chi connectivity index (χ0n) is 13.2. The summed E-state index contributed by atoms with van der Waals surface area (Å²) in [5.74, 6) is -0.632. The van der Waals surface area contributed by atoms with Gasteiger partial charge in [0.2, 0.25) is 17.7 Å². The van der Waals surface area contributed by atoms with Crippen LogP contribution in [-0.2, 0) is 20.9 Å². The minimum absolute atomic E-state index is 0.142. The molecule has 0 atom stereocenters. The molecule has 1 saturated heterocycles. The first-order chi connectivity index (χ1) is 11.1. The fraction of sp³-hybridized carbons (Fsp3) is 0.500. The van der Waals surface area contributed by atoms with Gasteiger partial charge in [-0.3, -0.25) is 19.3 Å². The van der Waals surface area contributed by atoms with Gasteiger partial charge in [0.1, 0.15) is 6.54 Å². The lowest BCUT2D eigenvalue weighted by atomic mass is 9.73. The van der Waals surface area contributed by atoms with Gasteiger partial charge >= 0.3 is 0 Å². The Kier molecular flexibility index (Phi) is 4.46. The van der Waals surface area contributed by atoms with Crippen LogP contribution in [0.2, 0.25) is 0 Å². The van der Waals surface area contributed by atoms with E-state index in [0.717, 1.165) is 42.6 Å². The summed E-state index contributed by atoms with van der Waals surface area (Å²) in [4.78, 5) is 38.1. The monoisotopic (exact) mass is 314 g/mol. The van der Waals surface area contributed by atoms with Crippen molar-refractivity contribution in [3.8, 4) is 0 Å². The number of hydrogen-bond acceptors (Lipinski definition) is 3. The second kappa shape index (κ2) is 6.52. The SMILES string of the molecule is O=C(CN1C(=O)CC2(CCCCC2)C1=O)NCc1ccccc1. The molecule has 5 nitrogen and oxygen atoms in total. The molecule has 2 aliphatic rings. The van der Waals surface area contributed by atoms with E-state index in [1.54, 1.807) is 0 Å². The minimum Gasteiger partial charge on any atom is -0.350 e. The molecule has 3 amide bonds. The van der Waals surface area contributed by atoms with Crippen molar-refractivity contribution in [3.63, 3.8) is 0 Å². The Balaban J connectivity index is 1.58. The predicted octanol–water partition coefficient (Wildman–Crippen LogP) is 2.01. The average Bonchev–Trinajstić information content (AvgIpc) is 2.79. The number of nitrogens with one attached hydrogen (secondary N) is 1. The van der Waals surface area contributed by atoms with E-state index >= 15 is 0 Å². The molecule has 1 aliphatic carbocycles. The van der Waals surface area contributed by atoms with Crippen molar-refractivity contribution in [1.29, 1.82) is 0 Å².